The quantitative estimate of drug-likeness (QED) is 0.573. The summed E-state index contributed by atoms with van der Waals surface area (Å²) in [7, 11) is 0. The van der Waals surface area contributed by atoms with Crippen molar-refractivity contribution < 1.29 is 8.44 Å². The second-order valence-corrected chi connectivity index (χ2v) is 2.95. The average Bonchev–Trinajstić information content (AvgIpc) is 1.88. The smallest absolute Gasteiger partial charge is 0.217 e. The summed E-state index contributed by atoms with van der Waals surface area (Å²) in [4.78, 5) is 0.227. The van der Waals surface area contributed by atoms with Crippen molar-refractivity contribution in [3.05, 3.63) is 29.8 Å². The van der Waals surface area contributed by atoms with Crippen LogP contribution in [0.15, 0.2) is 29.2 Å². The van der Waals surface area contributed by atoms with E-state index in [2.05, 4.69) is 0 Å². The molecule has 1 aromatic rings. The van der Waals surface area contributed by atoms with E-state index in [4.69, 9.17) is 0 Å². The summed E-state index contributed by atoms with van der Waals surface area (Å²) in [6.45, 7) is 1.89. The maximum absolute atomic E-state index is 12.0. The minimum atomic E-state index is -2.34. The maximum Gasteiger partial charge on any atom is 0.217 e. The molecule has 3 heteroatoms. The molecule has 0 N–H and O–H groups in total. The first-order chi connectivity index (χ1) is 4.70. The Hall–Kier alpha value is -0.540. The molecule has 0 saturated carbocycles. The molecule has 0 aliphatic heterocycles. The van der Waals surface area contributed by atoms with E-state index in [9.17, 15) is 8.44 Å². The molecule has 0 saturated heterocycles. The Morgan fingerprint density at radius 1 is 1.30 bits per heavy atom. The van der Waals surface area contributed by atoms with Crippen molar-refractivity contribution in [1.82, 2.24) is 0 Å². The van der Waals surface area contributed by atoms with E-state index in [1.807, 2.05) is 6.92 Å². The predicted molar refractivity (Wildman–Crippen MR) is 38.7 cm³/mol. The summed E-state index contributed by atoms with van der Waals surface area (Å²) in [5, 5.41) is 0. The van der Waals surface area contributed by atoms with Gasteiger partial charge in [-0.3, -0.25) is 0 Å². The Morgan fingerprint density at radius 2 is 1.80 bits per heavy atom. The van der Waals surface area contributed by atoms with Crippen molar-refractivity contribution in [2.24, 2.45) is 0 Å². The molecule has 1 unspecified atom stereocenters. The third kappa shape index (κ3) is 1.72. The van der Waals surface area contributed by atoms with E-state index in [1.54, 1.807) is 12.1 Å². The fraction of sp³-hybridized carbons (Fsp3) is 0.143. The van der Waals surface area contributed by atoms with Gasteiger partial charge >= 0.3 is 0 Å². The van der Waals surface area contributed by atoms with Gasteiger partial charge in [-0.15, -0.1) is 0 Å². The van der Waals surface area contributed by atoms with Gasteiger partial charge in [0.2, 0.25) is 11.6 Å². The Bertz CT molecular complexity index is 207. The van der Waals surface area contributed by atoms with Gasteiger partial charge in [0.1, 0.15) is 0 Å². The van der Waals surface area contributed by atoms with E-state index in [0.717, 1.165) is 5.56 Å². The molecule has 0 heterocycles. The van der Waals surface area contributed by atoms with Crippen molar-refractivity contribution >= 4 is 11.6 Å². The van der Waals surface area contributed by atoms with Gasteiger partial charge in [-0.25, -0.2) is 0 Å². The first kappa shape index (κ1) is 7.57. The number of hydrogen-bond donors (Lipinski definition) is 0. The zero-order valence-electron chi connectivity index (χ0n) is 5.50. The first-order valence-electron chi connectivity index (χ1n) is 2.85. The highest BCUT2D eigenvalue weighted by Gasteiger charge is 2.07. The minimum Gasteiger partial charge on any atom is -0.575 e. The molecule has 0 aliphatic carbocycles. The fourth-order valence-corrected chi connectivity index (χ4v) is 0.995. The molecular weight excluding hydrogens is 151 g/mol. The monoisotopic (exact) mass is 158 g/mol. The van der Waals surface area contributed by atoms with Gasteiger partial charge in [0.15, 0.2) is 4.90 Å². The average molecular weight is 158 g/mol. The number of rotatable bonds is 1. The normalized spacial score (nSPS) is 13.1. The second-order valence-electron chi connectivity index (χ2n) is 2.04. The van der Waals surface area contributed by atoms with Gasteiger partial charge in [0, 0.05) is 3.89 Å². The molecule has 0 aromatic heterocycles. The third-order valence-corrected chi connectivity index (χ3v) is 1.85. The topological polar surface area (TPSA) is 23.1 Å². The lowest BCUT2D eigenvalue weighted by atomic mass is 10.2. The number of halogens is 1. The lowest BCUT2D eigenvalue weighted by Gasteiger charge is -1.95. The molecule has 1 atom stereocenters. The highest BCUT2D eigenvalue weighted by molar-refractivity contribution is 7.86. The van der Waals surface area contributed by atoms with Crippen LogP contribution in [-0.4, -0.2) is 4.55 Å². The zero-order chi connectivity index (χ0) is 7.56. The molecule has 1 rings (SSSR count). The van der Waals surface area contributed by atoms with E-state index >= 15 is 0 Å². The standard InChI is InChI=1S/C7H7FOS/c1-6-2-4-7(5-3-6)10(8)9/h2-5H,1H3. The number of aryl methyl sites for hydroxylation is 1. The number of hydrogen-bond acceptors (Lipinski definition) is 1. The van der Waals surface area contributed by atoms with Crippen molar-refractivity contribution in [3.63, 3.8) is 0 Å². The van der Waals surface area contributed by atoms with E-state index in [1.165, 1.54) is 12.1 Å². The SMILES string of the molecule is Cc1ccc([S+]([O-])F)cc1. The molecule has 1 nitrogen and oxygen atoms in total. The van der Waals surface area contributed by atoms with E-state index in [0.29, 0.717) is 0 Å². The van der Waals surface area contributed by atoms with Crippen LogP contribution in [0.1, 0.15) is 5.56 Å². The summed E-state index contributed by atoms with van der Waals surface area (Å²) >= 11 is -2.34. The third-order valence-electron chi connectivity index (χ3n) is 1.21. The Kier molecular flexibility index (Phi) is 2.29. The van der Waals surface area contributed by atoms with Crippen LogP contribution in [0.25, 0.3) is 0 Å². The van der Waals surface area contributed by atoms with Gasteiger partial charge in [-0.2, -0.15) is 0 Å². The van der Waals surface area contributed by atoms with Gasteiger partial charge in [0.25, 0.3) is 0 Å². The lowest BCUT2D eigenvalue weighted by molar-refractivity contribution is 0.551. The van der Waals surface area contributed by atoms with Crippen molar-refractivity contribution in [2.75, 3.05) is 0 Å². The van der Waals surface area contributed by atoms with E-state index in [-0.39, 0.29) is 4.90 Å². The van der Waals surface area contributed by atoms with Crippen molar-refractivity contribution in [3.8, 4) is 0 Å². The highest BCUT2D eigenvalue weighted by atomic mass is 32.3. The summed E-state index contributed by atoms with van der Waals surface area (Å²) in [5.41, 5.74) is 1.04. The van der Waals surface area contributed by atoms with Crippen LogP contribution in [-0.2, 0) is 11.6 Å². The maximum atomic E-state index is 12.0. The summed E-state index contributed by atoms with van der Waals surface area (Å²) in [5.74, 6) is 0. The Morgan fingerprint density at radius 3 is 2.20 bits per heavy atom. The second kappa shape index (κ2) is 3.03. The molecule has 54 valence electrons. The van der Waals surface area contributed by atoms with Crippen molar-refractivity contribution in [1.29, 1.82) is 0 Å². The van der Waals surface area contributed by atoms with Gasteiger partial charge < -0.3 is 4.55 Å². The first-order valence-corrected chi connectivity index (χ1v) is 3.90. The van der Waals surface area contributed by atoms with Crippen LogP contribution >= 0.6 is 0 Å². The van der Waals surface area contributed by atoms with Crippen LogP contribution in [0.3, 0.4) is 0 Å². The Labute approximate surface area is 62.4 Å². The fourth-order valence-electron chi connectivity index (χ4n) is 0.645. The van der Waals surface area contributed by atoms with Gasteiger partial charge in [0.05, 0.1) is 0 Å². The highest BCUT2D eigenvalue weighted by Crippen LogP contribution is 2.11. The van der Waals surface area contributed by atoms with Crippen LogP contribution in [0.4, 0.5) is 3.89 Å². The summed E-state index contributed by atoms with van der Waals surface area (Å²) in [6.07, 6.45) is 0. The number of benzene rings is 1. The van der Waals surface area contributed by atoms with Crippen LogP contribution in [0.2, 0.25) is 0 Å². The lowest BCUT2D eigenvalue weighted by Crippen LogP contribution is -1.90. The largest absolute Gasteiger partial charge is 0.575 e. The zero-order valence-corrected chi connectivity index (χ0v) is 6.32. The van der Waals surface area contributed by atoms with Crippen molar-refractivity contribution in [2.45, 2.75) is 11.8 Å². The van der Waals surface area contributed by atoms with E-state index < -0.39 is 11.6 Å². The molecule has 0 radical (unpaired) electrons. The molecular formula is C7H7FOS. The predicted octanol–water partition coefficient (Wildman–Crippen LogP) is 1.99. The molecule has 0 bridgehead atoms. The molecule has 0 spiro atoms. The Balaban J connectivity index is 2.89. The summed E-state index contributed by atoms with van der Waals surface area (Å²) < 4.78 is 22.2. The molecule has 10 heavy (non-hydrogen) atoms. The summed E-state index contributed by atoms with van der Waals surface area (Å²) in [6, 6.07) is 6.50. The van der Waals surface area contributed by atoms with Crippen LogP contribution in [0, 0.1) is 6.92 Å². The molecule has 0 amide bonds. The molecule has 0 fully saturated rings. The van der Waals surface area contributed by atoms with Gasteiger partial charge in [-0.1, -0.05) is 17.7 Å². The molecule has 1 aromatic carbocycles. The van der Waals surface area contributed by atoms with Gasteiger partial charge in [-0.05, 0) is 19.1 Å². The molecule has 0 aliphatic rings. The van der Waals surface area contributed by atoms with Crippen LogP contribution < -0.4 is 0 Å². The minimum absolute atomic E-state index is 0.227. The van der Waals surface area contributed by atoms with Crippen LogP contribution in [0.5, 0.6) is 0 Å².